The van der Waals surface area contributed by atoms with Gasteiger partial charge in [0.2, 0.25) is 0 Å². The maximum atomic E-state index is 5.86. The van der Waals surface area contributed by atoms with Crippen molar-refractivity contribution >= 4 is 0 Å². The molecule has 4 heteroatoms. The van der Waals surface area contributed by atoms with E-state index >= 15 is 0 Å². The van der Waals surface area contributed by atoms with Crippen LogP contribution in [0.25, 0.3) is 0 Å². The first kappa shape index (κ1) is 14.5. The minimum Gasteiger partial charge on any atom is -0.485 e. The second-order valence-electron chi connectivity index (χ2n) is 4.67. The summed E-state index contributed by atoms with van der Waals surface area (Å²) < 4.78 is 5.86. The average Bonchev–Trinajstić information content (AvgIpc) is 2.52. The Morgan fingerprint density at radius 1 is 1.15 bits per heavy atom. The van der Waals surface area contributed by atoms with E-state index in [1.165, 1.54) is 0 Å². The standard InChI is InChI=1S/C16H21N3O/c1-3-9-17-13(2)14-7-4-5-8-15(14)20-12-16-18-10-6-11-19-16/h4-8,10-11,13,17H,3,9,12H2,1-2H3. The quantitative estimate of drug-likeness (QED) is 0.840. The van der Waals surface area contributed by atoms with Gasteiger partial charge >= 0.3 is 0 Å². The van der Waals surface area contributed by atoms with Crippen molar-refractivity contribution in [3.8, 4) is 5.75 Å². The Kier molecular flexibility index (Phi) is 5.50. The van der Waals surface area contributed by atoms with Gasteiger partial charge in [0.05, 0.1) is 0 Å². The third-order valence-corrected chi connectivity index (χ3v) is 3.06. The van der Waals surface area contributed by atoms with E-state index in [2.05, 4.69) is 35.2 Å². The molecule has 0 amide bonds. The fourth-order valence-electron chi connectivity index (χ4n) is 1.99. The third-order valence-electron chi connectivity index (χ3n) is 3.06. The Labute approximate surface area is 120 Å². The molecule has 0 aliphatic carbocycles. The molecule has 0 spiro atoms. The molecule has 0 aliphatic heterocycles. The van der Waals surface area contributed by atoms with Gasteiger partial charge in [0, 0.05) is 24.0 Å². The number of hydrogen-bond acceptors (Lipinski definition) is 4. The van der Waals surface area contributed by atoms with Crippen molar-refractivity contribution < 1.29 is 4.74 Å². The van der Waals surface area contributed by atoms with Crippen LogP contribution in [-0.2, 0) is 6.61 Å². The molecule has 0 fully saturated rings. The summed E-state index contributed by atoms with van der Waals surface area (Å²) in [5, 5.41) is 3.48. The van der Waals surface area contributed by atoms with Crippen molar-refractivity contribution in [2.24, 2.45) is 0 Å². The molecular formula is C16H21N3O. The second-order valence-corrected chi connectivity index (χ2v) is 4.67. The number of rotatable bonds is 7. The third kappa shape index (κ3) is 4.03. The summed E-state index contributed by atoms with van der Waals surface area (Å²) in [5.41, 5.74) is 1.16. The Hall–Kier alpha value is -1.94. The van der Waals surface area contributed by atoms with Crippen molar-refractivity contribution in [1.82, 2.24) is 15.3 Å². The van der Waals surface area contributed by atoms with Crippen LogP contribution in [-0.4, -0.2) is 16.5 Å². The molecule has 20 heavy (non-hydrogen) atoms. The van der Waals surface area contributed by atoms with E-state index in [0.717, 1.165) is 24.3 Å². The highest BCUT2D eigenvalue weighted by atomic mass is 16.5. The Morgan fingerprint density at radius 3 is 2.65 bits per heavy atom. The van der Waals surface area contributed by atoms with Crippen LogP contribution in [0, 0.1) is 0 Å². The summed E-state index contributed by atoms with van der Waals surface area (Å²) in [5.74, 6) is 1.58. The lowest BCUT2D eigenvalue weighted by atomic mass is 10.1. The number of aromatic nitrogens is 2. The minimum atomic E-state index is 0.267. The van der Waals surface area contributed by atoms with E-state index < -0.39 is 0 Å². The van der Waals surface area contributed by atoms with Crippen LogP contribution in [0.2, 0.25) is 0 Å². The van der Waals surface area contributed by atoms with Crippen molar-refractivity contribution in [2.75, 3.05) is 6.54 Å². The number of nitrogens with zero attached hydrogens (tertiary/aromatic N) is 2. The molecule has 1 N–H and O–H groups in total. The van der Waals surface area contributed by atoms with Crippen LogP contribution in [0.3, 0.4) is 0 Å². The highest BCUT2D eigenvalue weighted by Gasteiger charge is 2.10. The monoisotopic (exact) mass is 271 g/mol. The van der Waals surface area contributed by atoms with Gasteiger partial charge in [-0.2, -0.15) is 0 Å². The van der Waals surface area contributed by atoms with Crippen LogP contribution < -0.4 is 10.1 Å². The van der Waals surface area contributed by atoms with Gasteiger partial charge in [0.25, 0.3) is 0 Å². The maximum absolute atomic E-state index is 5.86. The number of para-hydroxylation sites is 1. The zero-order valence-electron chi connectivity index (χ0n) is 12.0. The summed E-state index contributed by atoms with van der Waals surface area (Å²) in [6.45, 7) is 5.70. The van der Waals surface area contributed by atoms with Gasteiger partial charge in [-0.15, -0.1) is 0 Å². The number of nitrogens with one attached hydrogen (secondary N) is 1. The normalized spacial score (nSPS) is 12.1. The number of hydrogen-bond donors (Lipinski definition) is 1. The Morgan fingerprint density at radius 2 is 1.90 bits per heavy atom. The molecule has 1 aromatic carbocycles. The molecule has 0 radical (unpaired) electrons. The van der Waals surface area contributed by atoms with E-state index in [-0.39, 0.29) is 6.04 Å². The molecule has 0 aliphatic rings. The molecule has 1 atom stereocenters. The lowest BCUT2D eigenvalue weighted by molar-refractivity contribution is 0.290. The van der Waals surface area contributed by atoms with Gasteiger partial charge in [0.1, 0.15) is 12.4 Å². The van der Waals surface area contributed by atoms with Gasteiger partial charge in [-0.1, -0.05) is 25.1 Å². The summed E-state index contributed by atoms with van der Waals surface area (Å²) in [7, 11) is 0. The van der Waals surface area contributed by atoms with E-state index in [0.29, 0.717) is 12.4 Å². The van der Waals surface area contributed by atoms with Crippen molar-refractivity contribution in [3.05, 3.63) is 54.1 Å². The maximum Gasteiger partial charge on any atom is 0.166 e. The molecule has 0 saturated carbocycles. The molecule has 1 heterocycles. The largest absolute Gasteiger partial charge is 0.485 e. The minimum absolute atomic E-state index is 0.267. The molecule has 4 nitrogen and oxygen atoms in total. The molecule has 2 aromatic rings. The predicted octanol–water partition coefficient (Wildman–Crippen LogP) is 3.12. The van der Waals surface area contributed by atoms with E-state index in [9.17, 15) is 0 Å². The SMILES string of the molecule is CCCNC(C)c1ccccc1OCc1ncccn1. The van der Waals surface area contributed by atoms with Crippen molar-refractivity contribution in [2.45, 2.75) is 32.9 Å². The Balaban J connectivity index is 2.04. The first-order valence-corrected chi connectivity index (χ1v) is 7.02. The highest BCUT2D eigenvalue weighted by Crippen LogP contribution is 2.25. The molecule has 1 aromatic heterocycles. The zero-order valence-corrected chi connectivity index (χ0v) is 12.0. The fourth-order valence-corrected chi connectivity index (χ4v) is 1.99. The molecular weight excluding hydrogens is 250 g/mol. The van der Waals surface area contributed by atoms with Crippen molar-refractivity contribution in [3.63, 3.8) is 0 Å². The summed E-state index contributed by atoms with van der Waals surface area (Å²) >= 11 is 0. The molecule has 106 valence electrons. The van der Waals surface area contributed by atoms with Crippen LogP contribution in [0.5, 0.6) is 5.75 Å². The topological polar surface area (TPSA) is 47.0 Å². The van der Waals surface area contributed by atoms with Crippen molar-refractivity contribution in [1.29, 1.82) is 0 Å². The van der Waals surface area contributed by atoms with E-state index in [1.54, 1.807) is 18.5 Å². The fraction of sp³-hybridized carbons (Fsp3) is 0.375. The highest BCUT2D eigenvalue weighted by molar-refractivity contribution is 5.35. The summed E-state index contributed by atoms with van der Waals surface area (Å²) in [4.78, 5) is 8.33. The lowest BCUT2D eigenvalue weighted by Crippen LogP contribution is -2.20. The van der Waals surface area contributed by atoms with Gasteiger partial charge in [-0.3, -0.25) is 0 Å². The number of ether oxygens (including phenoxy) is 1. The van der Waals surface area contributed by atoms with E-state index in [1.807, 2.05) is 18.2 Å². The van der Waals surface area contributed by atoms with Gasteiger partial charge in [0.15, 0.2) is 5.82 Å². The summed E-state index contributed by atoms with van der Waals surface area (Å²) in [6, 6.07) is 10.2. The lowest BCUT2D eigenvalue weighted by Gasteiger charge is -2.17. The summed E-state index contributed by atoms with van der Waals surface area (Å²) in [6.07, 6.45) is 4.57. The van der Waals surface area contributed by atoms with Crippen LogP contribution in [0.15, 0.2) is 42.7 Å². The molecule has 0 bridgehead atoms. The van der Waals surface area contributed by atoms with Crippen LogP contribution in [0.4, 0.5) is 0 Å². The van der Waals surface area contributed by atoms with Crippen LogP contribution >= 0.6 is 0 Å². The molecule has 0 saturated heterocycles. The van der Waals surface area contributed by atoms with Gasteiger partial charge in [-0.05, 0) is 32.0 Å². The van der Waals surface area contributed by atoms with E-state index in [4.69, 9.17) is 4.74 Å². The van der Waals surface area contributed by atoms with Gasteiger partial charge in [-0.25, -0.2) is 9.97 Å². The average molecular weight is 271 g/mol. The Bertz CT molecular complexity index is 516. The predicted molar refractivity (Wildman–Crippen MR) is 79.5 cm³/mol. The number of benzene rings is 1. The second kappa shape index (κ2) is 7.60. The zero-order chi connectivity index (χ0) is 14.2. The van der Waals surface area contributed by atoms with Crippen LogP contribution in [0.1, 0.15) is 37.7 Å². The first-order valence-electron chi connectivity index (χ1n) is 7.02. The molecule has 1 unspecified atom stereocenters. The first-order chi connectivity index (χ1) is 9.81. The smallest absolute Gasteiger partial charge is 0.166 e. The van der Waals surface area contributed by atoms with Gasteiger partial charge < -0.3 is 10.1 Å². The molecule has 2 rings (SSSR count).